The number of aryl methyl sites for hydroxylation is 2. The van der Waals surface area contributed by atoms with E-state index in [2.05, 4.69) is 47.5 Å². The zero-order valence-corrected chi connectivity index (χ0v) is 12.3. The zero-order chi connectivity index (χ0) is 14.0. The quantitative estimate of drug-likeness (QED) is 0.901. The summed E-state index contributed by atoms with van der Waals surface area (Å²) in [6.45, 7) is 9.98. The highest BCUT2D eigenvalue weighted by Gasteiger charge is 2.12. The lowest BCUT2D eigenvalue weighted by molar-refractivity contribution is 0.423. The van der Waals surface area contributed by atoms with E-state index >= 15 is 0 Å². The topological polar surface area (TPSA) is 60.6 Å². The van der Waals surface area contributed by atoms with Gasteiger partial charge in [0, 0.05) is 30.9 Å². The van der Waals surface area contributed by atoms with Gasteiger partial charge in [-0.2, -0.15) is 10.2 Å². The highest BCUT2D eigenvalue weighted by Crippen LogP contribution is 2.09. The van der Waals surface area contributed by atoms with Crippen molar-refractivity contribution in [1.82, 2.24) is 29.9 Å². The van der Waals surface area contributed by atoms with Crippen LogP contribution in [0.25, 0.3) is 0 Å². The second-order valence-corrected chi connectivity index (χ2v) is 5.84. The van der Waals surface area contributed by atoms with Gasteiger partial charge in [-0.25, -0.2) is 4.98 Å². The molecule has 0 aliphatic rings. The van der Waals surface area contributed by atoms with E-state index in [-0.39, 0.29) is 5.54 Å². The molecule has 0 saturated carbocycles. The molecule has 6 nitrogen and oxygen atoms in total. The second-order valence-electron chi connectivity index (χ2n) is 5.84. The minimum absolute atomic E-state index is 0.109. The summed E-state index contributed by atoms with van der Waals surface area (Å²) in [4.78, 5) is 4.21. The van der Waals surface area contributed by atoms with E-state index in [0.29, 0.717) is 6.54 Å². The Bertz CT molecular complexity index is 546. The van der Waals surface area contributed by atoms with E-state index in [1.807, 2.05) is 18.7 Å². The van der Waals surface area contributed by atoms with Crippen LogP contribution >= 0.6 is 0 Å². The molecule has 0 saturated heterocycles. The maximum absolute atomic E-state index is 4.52. The molecule has 0 fully saturated rings. The average molecular weight is 262 g/mol. The van der Waals surface area contributed by atoms with Gasteiger partial charge in [-0.05, 0) is 27.7 Å². The van der Waals surface area contributed by atoms with Gasteiger partial charge in [0.1, 0.15) is 18.7 Å². The smallest absolute Gasteiger partial charge is 0.148 e. The van der Waals surface area contributed by atoms with Crippen LogP contribution in [0.15, 0.2) is 12.5 Å². The summed E-state index contributed by atoms with van der Waals surface area (Å²) in [6.07, 6.45) is 3.64. The number of aromatic nitrogens is 5. The van der Waals surface area contributed by atoms with Gasteiger partial charge in [0.05, 0.1) is 5.69 Å². The summed E-state index contributed by atoms with van der Waals surface area (Å²) in [5.41, 5.74) is 2.38. The third-order valence-electron chi connectivity index (χ3n) is 2.97. The molecule has 0 aliphatic carbocycles. The Balaban J connectivity index is 2.06. The Morgan fingerprint density at radius 1 is 1.32 bits per heavy atom. The van der Waals surface area contributed by atoms with Gasteiger partial charge in [-0.15, -0.1) is 0 Å². The molecule has 6 heteroatoms. The molecule has 0 bridgehead atoms. The van der Waals surface area contributed by atoms with Crippen molar-refractivity contribution in [2.75, 3.05) is 0 Å². The maximum Gasteiger partial charge on any atom is 0.148 e. The third-order valence-corrected chi connectivity index (χ3v) is 2.97. The van der Waals surface area contributed by atoms with Crippen molar-refractivity contribution in [2.45, 2.75) is 46.3 Å². The highest BCUT2D eigenvalue weighted by atomic mass is 15.4. The Kier molecular flexibility index (Phi) is 3.71. The molecule has 2 aromatic heterocycles. The van der Waals surface area contributed by atoms with Gasteiger partial charge < -0.3 is 5.32 Å². The molecule has 0 unspecified atom stereocenters. The van der Waals surface area contributed by atoms with Crippen molar-refractivity contribution in [2.24, 2.45) is 7.05 Å². The van der Waals surface area contributed by atoms with Crippen LogP contribution in [0.4, 0.5) is 0 Å². The van der Waals surface area contributed by atoms with E-state index in [9.17, 15) is 0 Å². The fourth-order valence-electron chi connectivity index (χ4n) is 1.78. The van der Waals surface area contributed by atoms with Gasteiger partial charge in [0.15, 0.2) is 0 Å². The highest BCUT2D eigenvalue weighted by molar-refractivity contribution is 5.15. The second kappa shape index (κ2) is 5.13. The van der Waals surface area contributed by atoms with Crippen LogP contribution in [0, 0.1) is 6.92 Å². The maximum atomic E-state index is 4.52. The number of hydrogen-bond acceptors (Lipinski definition) is 4. The minimum Gasteiger partial charge on any atom is -0.308 e. The first-order chi connectivity index (χ1) is 8.85. The molecule has 0 spiro atoms. The summed E-state index contributed by atoms with van der Waals surface area (Å²) in [5.74, 6) is 0.901. The van der Waals surface area contributed by atoms with E-state index < -0.39 is 0 Å². The van der Waals surface area contributed by atoms with E-state index in [0.717, 1.165) is 18.1 Å². The predicted octanol–water partition coefficient (Wildman–Crippen LogP) is 1.26. The Morgan fingerprint density at radius 2 is 2.05 bits per heavy atom. The fourth-order valence-corrected chi connectivity index (χ4v) is 1.78. The third kappa shape index (κ3) is 3.64. The first kappa shape index (κ1) is 13.7. The molecule has 0 radical (unpaired) electrons. The van der Waals surface area contributed by atoms with Gasteiger partial charge in [-0.1, -0.05) is 0 Å². The summed E-state index contributed by atoms with van der Waals surface area (Å²) in [6, 6.07) is 0. The number of rotatable bonds is 4. The van der Waals surface area contributed by atoms with Gasteiger partial charge in [-0.3, -0.25) is 9.36 Å². The fraction of sp³-hybridized carbons (Fsp3) is 0.615. The largest absolute Gasteiger partial charge is 0.308 e. The van der Waals surface area contributed by atoms with Crippen molar-refractivity contribution in [3.63, 3.8) is 0 Å². The molecule has 2 aromatic rings. The van der Waals surface area contributed by atoms with E-state index in [1.165, 1.54) is 5.56 Å². The summed E-state index contributed by atoms with van der Waals surface area (Å²) in [7, 11) is 1.89. The molecule has 0 atom stereocenters. The van der Waals surface area contributed by atoms with Crippen LogP contribution in [-0.2, 0) is 20.1 Å². The first-order valence-corrected chi connectivity index (χ1v) is 6.46. The molecule has 0 aromatic carbocycles. The van der Waals surface area contributed by atoms with Crippen molar-refractivity contribution in [3.05, 3.63) is 29.6 Å². The van der Waals surface area contributed by atoms with Crippen LogP contribution in [-0.4, -0.2) is 30.1 Å². The molecule has 0 amide bonds. The van der Waals surface area contributed by atoms with Crippen LogP contribution < -0.4 is 5.32 Å². The molecule has 104 valence electrons. The Hall–Kier alpha value is -1.69. The summed E-state index contributed by atoms with van der Waals surface area (Å²) in [5, 5.41) is 12.1. The molecular formula is C13H22N6. The molecule has 2 heterocycles. The average Bonchev–Trinajstić information content (AvgIpc) is 2.83. The van der Waals surface area contributed by atoms with Gasteiger partial charge in [0.2, 0.25) is 0 Å². The number of nitrogens with one attached hydrogen (secondary N) is 1. The van der Waals surface area contributed by atoms with E-state index in [1.54, 1.807) is 11.0 Å². The molecule has 1 N–H and O–H groups in total. The van der Waals surface area contributed by atoms with Crippen molar-refractivity contribution < 1.29 is 0 Å². The van der Waals surface area contributed by atoms with Gasteiger partial charge >= 0.3 is 0 Å². The zero-order valence-electron chi connectivity index (χ0n) is 12.3. The lowest BCUT2D eigenvalue weighted by atomic mass is 10.1. The Morgan fingerprint density at radius 3 is 2.63 bits per heavy atom. The van der Waals surface area contributed by atoms with Gasteiger partial charge in [0.25, 0.3) is 0 Å². The number of hydrogen-bond donors (Lipinski definition) is 1. The van der Waals surface area contributed by atoms with Crippen LogP contribution in [0.5, 0.6) is 0 Å². The monoisotopic (exact) mass is 262 g/mol. The van der Waals surface area contributed by atoms with Crippen molar-refractivity contribution in [3.8, 4) is 0 Å². The lowest BCUT2D eigenvalue weighted by Gasteiger charge is -2.20. The summed E-state index contributed by atoms with van der Waals surface area (Å²) >= 11 is 0. The van der Waals surface area contributed by atoms with Crippen molar-refractivity contribution >= 4 is 0 Å². The van der Waals surface area contributed by atoms with Crippen LogP contribution in [0.2, 0.25) is 0 Å². The predicted molar refractivity (Wildman–Crippen MR) is 73.7 cm³/mol. The first-order valence-electron chi connectivity index (χ1n) is 6.46. The van der Waals surface area contributed by atoms with E-state index in [4.69, 9.17) is 0 Å². The molecular weight excluding hydrogens is 240 g/mol. The molecule has 19 heavy (non-hydrogen) atoms. The van der Waals surface area contributed by atoms with Crippen molar-refractivity contribution in [1.29, 1.82) is 0 Å². The van der Waals surface area contributed by atoms with Crippen LogP contribution in [0.3, 0.4) is 0 Å². The minimum atomic E-state index is 0.109. The van der Waals surface area contributed by atoms with Crippen LogP contribution in [0.1, 0.15) is 37.9 Å². The Labute approximate surface area is 113 Å². The standard InChI is InChI=1S/C13H22N6/c1-10-11(6-15-13(2,3)4)7-19(17-10)8-12-14-9-16-18(12)5/h7,9,15H,6,8H2,1-5H3. The summed E-state index contributed by atoms with van der Waals surface area (Å²) < 4.78 is 3.68. The molecule has 0 aliphatic heterocycles. The molecule has 2 rings (SSSR count). The normalized spacial score (nSPS) is 12.1. The number of nitrogens with zero attached hydrogens (tertiary/aromatic N) is 5. The SMILES string of the molecule is Cc1nn(Cc2ncnn2C)cc1CNC(C)(C)C. The lowest BCUT2D eigenvalue weighted by Crippen LogP contribution is -2.35.